The van der Waals surface area contributed by atoms with Gasteiger partial charge in [0.1, 0.15) is 5.60 Å². The molecule has 1 aliphatic rings. The number of carbonyl (C=O) groups is 1. The minimum Gasteiger partial charge on any atom is -0.444 e. The summed E-state index contributed by atoms with van der Waals surface area (Å²) in [5.74, 6) is 0. The molecule has 118 valence electrons. The van der Waals surface area contributed by atoms with Gasteiger partial charge in [-0.2, -0.15) is 0 Å². The van der Waals surface area contributed by atoms with Crippen LogP contribution in [0.5, 0.6) is 0 Å². The average molecular weight is 286 g/mol. The summed E-state index contributed by atoms with van der Waals surface area (Å²) in [6.45, 7) is 9.07. The Bertz CT molecular complexity index is 281. The monoisotopic (exact) mass is 286 g/mol. The Morgan fingerprint density at radius 2 is 1.90 bits per heavy atom. The number of amides is 1. The Kier molecular flexibility index (Phi) is 7.30. The van der Waals surface area contributed by atoms with Crippen molar-refractivity contribution in [2.45, 2.75) is 64.5 Å². The molecule has 0 aliphatic carbocycles. The number of piperidine rings is 1. The Labute approximate surface area is 122 Å². The number of likely N-dealkylation sites (tertiary alicyclic amines) is 1. The summed E-state index contributed by atoms with van der Waals surface area (Å²) in [7, 11) is 0. The van der Waals surface area contributed by atoms with Gasteiger partial charge in [0, 0.05) is 25.7 Å². The predicted molar refractivity (Wildman–Crippen MR) is 79.8 cm³/mol. The summed E-state index contributed by atoms with van der Waals surface area (Å²) in [5, 5.41) is 11.7. The highest BCUT2D eigenvalue weighted by Crippen LogP contribution is 2.13. The molecule has 0 spiro atoms. The molecule has 1 heterocycles. The molecule has 0 radical (unpaired) electrons. The van der Waals surface area contributed by atoms with Crippen molar-refractivity contribution in [3.05, 3.63) is 0 Å². The second kappa shape index (κ2) is 8.47. The number of hydrogen-bond acceptors (Lipinski definition) is 4. The Morgan fingerprint density at radius 1 is 1.25 bits per heavy atom. The summed E-state index contributed by atoms with van der Waals surface area (Å²) in [5.41, 5.74) is -0.433. The summed E-state index contributed by atoms with van der Waals surface area (Å²) >= 11 is 0. The number of aliphatic hydroxyl groups is 1. The molecule has 0 bridgehead atoms. The molecule has 0 saturated carbocycles. The molecule has 0 aromatic carbocycles. The van der Waals surface area contributed by atoms with Gasteiger partial charge in [-0.15, -0.1) is 0 Å². The van der Waals surface area contributed by atoms with Crippen molar-refractivity contribution in [2.75, 3.05) is 26.2 Å². The second-order valence-corrected chi connectivity index (χ2v) is 6.55. The standard InChI is InChI=1S/C15H30N2O3/c1-15(2,3)20-14(19)16-13-7-10-17(11-8-13)9-5-4-6-12-18/h13,18H,4-12H2,1-3H3,(H,16,19). The van der Waals surface area contributed by atoms with E-state index in [0.29, 0.717) is 6.61 Å². The van der Waals surface area contributed by atoms with Gasteiger partial charge in [0.25, 0.3) is 0 Å². The summed E-state index contributed by atoms with van der Waals surface area (Å²) in [6, 6.07) is 0.235. The van der Waals surface area contributed by atoms with Gasteiger partial charge in [-0.3, -0.25) is 0 Å². The van der Waals surface area contributed by atoms with Gasteiger partial charge < -0.3 is 20.1 Å². The van der Waals surface area contributed by atoms with E-state index in [4.69, 9.17) is 9.84 Å². The van der Waals surface area contributed by atoms with Crippen molar-refractivity contribution in [1.29, 1.82) is 0 Å². The van der Waals surface area contributed by atoms with Gasteiger partial charge >= 0.3 is 6.09 Å². The maximum atomic E-state index is 11.7. The molecule has 1 fully saturated rings. The molecule has 0 atom stereocenters. The molecule has 20 heavy (non-hydrogen) atoms. The third-order valence-electron chi connectivity index (χ3n) is 3.44. The molecule has 5 heteroatoms. The van der Waals surface area contributed by atoms with Gasteiger partial charge in [-0.1, -0.05) is 0 Å². The first-order valence-electron chi connectivity index (χ1n) is 7.73. The number of alkyl carbamates (subject to hydrolysis) is 1. The number of aliphatic hydroxyl groups excluding tert-OH is 1. The Hall–Kier alpha value is -0.810. The number of hydrogen-bond donors (Lipinski definition) is 2. The molecule has 0 aromatic rings. The highest BCUT2D eigenvalue weighted by atomic mass is 16.6. The fourth-order valence-electron chi connectivity index (χ4n) is 2.40. The van der Waals surface area contributed by atoms with E-state index in [1.807, 2.05) is 20.8 Å². The second-order valence-electron chi connectivity index (χ2n) is 6.55. The smallest absolute Gasteiger partial charge is 0.407 e. The molecule has 1 saturated heterocycles. The van der Waals surface area contributed by atoms with Crippen molar-refractivity contribution < 1.29 is 14.6 Å². The topological polar surface area (TPSA) is 61.8 Å². The number of unbranched alkanes of at least 4 members (excludes halogenated alkanes) is 2. The van der Waals surface area contributed by atoms with E-state index in [0.717, 1.165) is 51.7 Å². The van der Waals surface area contributed by atoms with Crippen LogP contribution in [0, 0.1) is 0 Å². The van der Waals surface area contributed by atoms with Gasteiger partial charge in [0.05, 0.1) is 0 Å². The molecule has 1 aliphatic heterocycles. The van der Waals surface area contributed by atoms with Gasteiger partial charge in [-0.05, 0) is 59.4 Å². The third-order valence-corrected chi connectivity index (χ3v) is 3.44. The number of nitrogens with one attached hydrogen (secondary N) is 1. The lowest BCUT2D eigenvalue weighted by Gasteiger charge is -2.32. The van der Waals surface area contributed by atoms with Crippen LogP contribution in [0.2, 0.25) is 0 Å². The zero-order chi connectivity index (χ0) is 15.0. The zero-order valence-electron chi connectivity index (χ0n) is 13.2. The number of rotatable bonds is 6. The number of ether oxygens (including phenoxy) is 1. The van der Waals surface area contributed by atoms with Gasteiger partial charge in [0.15, 0.2) is 0 Å². The van der Waals surface area contributed by atoms with E-state index in [-0.39, 0.29) is 12.1 Å². The molecule has 0 unspecified atom stereocenters. The van der Waals surface area contributed by atoms with Crippen LogP contribution in [-0.2, 0) is 4.74 Å². The lowest BCUT2D eigenvalue weighted by molar-refractivity contribution is 0.0479. The third kappa shape index (κ3) is 7.70. The van der Waals surface area contributed by atoms with Crippen molar-refractivity contribution in [3.63, 3.8) is 0 Å². The molecule has 0 aromatic heterocycles. The van der Waals surface area contributed by atoms with E-state index in [2.05, 4.69) is 10.2 Å². The molecule has 1 rings (SSSR count). The SMILES string of the molecule is CC(C)(C)OC(=O)NC1CCN(CCCCCO)CC1. The van der Waals surface area contributed by atoms with E-state index in [1.54, 1.807) is 0 Å². The lowest BCUT2D eigenvalue weighted by Crippen LogP contribution is -2.46. The quantitative estimate of drug-likeness (QED) is 0.734. The fourth-order valence-corrected chi connectivity index (χ4v) is 2.40. The van der Waals surface area contributed by atoms with Crippen molar-refractivity contribution in [2.24, 2.45) is 0 Å². The van der Waals surface area contributed by atoms with E-state index < -0.39 is 5.60 Å². The first-order chi connectivity index (χ1) is 9.40. The molecule has 5 nitrogen and oxygen atoms in total. The number of nitrogens with zero attached hydrogens (tertiary/aromatic N) is 1. The van der Waals surface area contributed by atoms with Crippen LogP contribution >= 0.6 is 0 Å². The average Bonchev–Trinajstić information content (AvgIpc) is 2.34. The Morgan fingerprint density at radius 3 is 2.45 bits per heavy atom. The fraction of sp³-hybridized carbons (Fsp3) is 0.933. The van der Waals surface area contributed by atoms with Crippen molar-refractivity contribution >= 4 is 6.09 Å². The van der Waals surface area contributed by atoms with Gasteiger partial charge in [0.2, 0.25) is 0 Å². The minimum absolute atomic E-state index is 0.235. The summed E-state index contributed by atoms with van der Waals surface area (Å²) in [4.78, 5) is 14.1. The van der Waals surface area contributed by atoms with E-state index in [9.17, 15) is 4.79 Å². The van der Waals surface area contributed by atoms with Crippen LogP contribution in [0.15, 0.2) is 0 Å². The van der Waals surface area contributed by atoms with E-state index >= 15 is 0 Å². The lowest BCUT2D eigenvalue weighted by atomic mass is 10.0. The highest BCUT2D eigenvalue weighted by molar-refractivity contribution is 5.68. The maximum Gasteiger partial charge on any atom is 0.407 e. The summed E-state index contributed by atoms with van der Waals surface area (Å²) < 4.78 is 5.27. The molecular weight excluding hydrogens is 256 g/mol. The first kappa shape index (κ1) is 17.2. The molecular formula is C15H30N2O3. The van der Waals surface area contributed by atoms with Crippen LogP contribution in [0.25, 0.3) is 0 Å². The van der Waals surface area contributed by atoms with Crippen LogP contribution < -0.4 is 5.32 Å². The van der Waals surface area contributed by atoms with Crippen LogP contribution in [0.3, 0.4) is 0 Å². The van der Waals surface area contributed by atoms with E-state index in [1.165, 1.54) is 0 Å². The van der Waals surface area contributed by atoms with Crippen LogP contribution in [-0.4, -0.2) is 54.0 Å². The minimum atomic E-state index is -0.433. The highest BCUT2D eigenvalue weighted by Gasteiger charge is 2.23. The van der Waals surface area contributed by atoms with Crippen molar-refractivity contribution in [1.82, 2.24) is 10.2 Å². The largest absolute Gasteiger partial charge is 0.444 e. The Balaban J connectivity index is 2.14. The number of carbonyl (C=O) groups excluding carboxylic acids is 1. The zero-order valence-corrected chi connectivity index (χ0v) is 13.2. The molecule has 2 N–H and O–H groups in total. The predicted octanol–water partition coefficient (Wildman–Crippen LogP) is 2.14. The normalized spacial score (nSPS) is 18.0. The maximum absolute atomic E-state index is 11.7. The van der Waals surface area contributed by atoms with Gasteiger partial charge in [-0.25, -0.2) is 4.79 Å². The van der Waals surface area contributed by atoms with Crippen molar-refractivity contribution in [3.8, 4) is 0 Å². The molecule has 1 amide bonds. The summed E-state index contributed by atoms with van der Waals surface area (Å²) in [6.07, 6.45) is 4.80. The first-order valence-corrected chi connectivity index (χ1v) is 7.73. The van der Waals surface area contributed by atoms with Crippen LogP contribution in [0.4, 0.5) is 4.79 Å². The van der Waals surface area contributed by atoms with Crippen LogP contribution in [0.1, 0.15) is 52.9 Å².